The second-order valence-corrected chi connectivity index (χ2v) is 11.0. The van der Waals surface area contributed by atoms with Crippen molar-refractivity contribution >= 4 is 36.3 Å². The number of ketones is 1. The number of halogens is 3. The number of nitro benzene ring substituents is 1. The molecule has 0 aliphatic carbocycles. The van der Waals surface area contributed by atoms with Gasteiger partial charge in [0.2, 0.25) is 0 Å². The predicted octanol–water partition coefficient (Wildman–Crippen LogP) is 7.40. The minimum Gasteiger partial charge on any atom is -0.299 e. The van der Waals surface area contributed by atoms with Crippen molar-refractivity contribution in [1.29, 1.82) is 0 Å². The molecule has 3 aromatic rings. The molecular formula is C32H38Cl2FN3O3. The highest BCUT2D eigenvalue weighted by Gasteiger charge is 2.22. The molecule has 2 aliphatic heterocycles. The summed E-state index contributed by atoms with van der Waals surface area (Å²) in [6.45, 7) is 5.18. The van der Waals surface area contributed by atoms with Crippen LogP contribution in [0.4, 0.5) is 10.1 Å². The van der Waals surface area contributed by atoms with Crippen LogP contribution in [0.5, 0.6) is 0 Å². The summed E-state index contributed by atoms with van der Waals surface area (Å²) < 4.78 is 13.3. The van der Waals surface area contributed by atoms with Crippen LogP contribution < -0.4 is 0 Å². The zero-order valence-corrected chi connectivity index (χ0v) is 24.8. The number of nitrogens with zero attached hydrogens (tertiary/aromatic N) is 3. The number of nitro groups is 1. The van der Waals surface area contributed by atoms with Gasteiger partial charge in [0.25, 0.3) is 5.69 Å². The number of carbonyl (C=O) groups is 1. The normalized spacial score (nSPS) is 16.1. The van der Waals surface area contributed by atoms with Gasteiger partial charge in [0, 0.05) is 43.8 Å². The summed E-state index contributed by atoms with van der Waals surface area (Å²) in [5.41, 5.74) is 5.57. The zero-order chi connectivity index (χ0) is 27.2. The lowest BCUT2D eigenvalue weighted by molar-refractivity contribution is -0.384. The maximum atomic E-state index is 13.3. The number of benzene rings is 3. The Morgan fingerprint density at radius 3 is 2.34 bits per heavy atom. The minimum atomic E-state index is -0.346. The molecule has 0 amide bonds. The third-order valence-electron chi connectivity index (χ3n) is 8.18. The fourth-order valence-corrected chi connectivity index (χ4v) is 5.93. The highest BCUT2D eigenvalue weighted by Crippen LogP contribution is 2.26. The Balaban J connectivity index is 0.00000231. The highest BCUT2D eigenvalue weighted by atomic mass is 35.5. The van der Waals surface area contributed by atoms with Crippen LogP contribution in [0.3, 0.4) is 0 Å². The van der Waals surface area contributed by atoms with Crippen molar-refractivity contribution in [3.63, 3.8) is 0 Å². The van der Waals surface area contributed by atoms with Crippen molar-refractivity contribution in [2.75, 3.05) is 19.6 Å². The molecular weight excluding hydrogens is 564 g/mol. The van der Waals surface area contributed by atoms with E-state index >= 15 is 0 Å². The summed E-state index contributed by atoms with van der Waals surface area (Å²) in [5.74, 6) is 0.530. The quantitative estimate of drug-likeness (QED) is 0.145. The first-order valence-corrected chi connectivity index (χ1v) is 14.0. The van der Waals surface area contributed by atoms with Crippen molar-refractivity contribution in [2.24, 2.45) is 5.92 Å². The molecule has 9 heteroatoms. The third kappa shape index (κ3) is 9.07. The third-order valence-corrected chi connectivity index (χ3v) is 8.18. The molecule has 0 atom stereocenters. The highest BCUT2D eigenvalue weighted by molar-refractivity contribution is 5.96. The van der Waals surface area contributed by atoms with Crippen LogP contribution in [-0.4, -0.2) is 40.1 Å². The van der Waals surface area contributed by atoms with Gasteiger partial charge < -0.3 is 0 Å². The van der Waals surface area contributed by atoms with Gasteiger partial charge in [-0.1, -0.05) is 36.4 Å². The van der Waals surface area contributed by atoms with Gasteiger partial charge in [-0.25, -0.2) is 4.39 Å². The maximum Gasteiger partial charge on any atom is 0.269 e. The number of hydrogen-bond donors (Lipinski definition) is 0. The Morgan fingerprint density at radius 1 is 0.878 bits per heavy atom. The van der Waals surface area contributed by atoms with Gasteiger partial charge >= 0.3 is 0 Å². The summed E-state index contributed by atoms with van der Waals surface area (Å²) in [6, 6.07) is 19.8. The first kappa shape index (κ1) is 32.7. The summed E-state index contributed by atoms with van der Waals surface area (Å²) in [7, 11) is 0. The Bertz CT molecular complexity index is 1310. The molecule has 0 radical (unpaired) electrons. The number of Topliss-reactive ketones (excluding diaryl/α,β-unsaturated/α-hetero) is 1. The fraction of sp³-hybridized carbons (Fsp3) is 0.406. The fourth-order valence-electron chi connectivity index (χ4n) is 5.93. The van der Waals surface area contributed by atoms with Crippen LogP contribution in [0.25, 0.3) is 0 Å². The van der Waals surface area contributed by atoms with Crippen molar-refractivity contribution in [2.45, 2.75) is 58.2 Å². The van der Waals surface area contributed by atoms with Gasteiger partial charge in [0.15, 0.2) is 5.78 Å². The van der Waals surface area contributed by atoms with E-state index in [4.69, 9.17) is 0 Å². The molecule has 1 saturated heterocycles. The first-order chi connectivity index (χ1) is 18.9. The minimum absolute atomic E-state index is 0. The lowest BCUT2D eigenvalue weighted by Gasteiger charge is -2.31. The first-order valence-electron chi connectivity index (χ1n) is 14.0. The van der Waals surface area contributed by atoms with Crippen LogP contribution in [0, 0.1) is 21.8 Å². The van der Waals surface area contributed by atoms with E-state index < -0.39 is 0 Å². The van der Waals surface area contributed by atoms with Gasteiger partial charge in [-0.2, -0.15) is 0 Å². The molecule has 3 aromatic carbocycles. The van der Waals surface area contributed by atoms with E-state index in [1.807, 2.05) is 24.3 Å². The van der Waals surface area contributed by atoms with E-state index in [0.717, 1.165) is 88.1 Å². The molecule has 5 rings (SSSR count). The van der Waals surface area contributed by atoms with Crippen molar-refractivity contribution < 1.29 is 14.1 Å². The van der Waals surface area contributed by atoms with Crippen LogP contribution in [0.1, 0.15) is 64.7 Å². The maximum absolute atomic E-state index is 13.3. The van der Waals surface area contributed by atoms with E-state index in [9.17, 15) is 19.3 Å². The number of non-ortho nitro benzene ring substituents is 1. The Morgan fingerprint density at radius 2 is 1.61 bits per heavy atom. The second kappa shape index (κ2) is 15.4. The standard InChI is InChI=1S/C32H36FN3O3.2ClH/c33-30-11-6-25(7-12-30)21-35-16-2-4-27-9-10-28(20-29(27)23-35)32(37)13-8-24-14-17-34(18-15-24)22-26-3-1-5-31(19-26)36(38)39;;/h1,3,5-7,9-12,19-20,24H,2,4,8,13-18,21-23H2;2*1H. The van der Waals surface area contributed by atoms with Gasteiger partial charge in [0.05, 0.1) is 4.92 Å². The Kier molecular flexibility index (Phi) is 12.3. The van der Waals surface area contributed by atoms with E-state index in [1.165, 1.54) is 29.3 Å². The van der Waals surface area contributed by atoms with Gasteiger partial charge in [0.1, 0.15) is 5.82 Å². The molecule has 2 aliphatic rings. The average Bonchev–Trinajstić information content (AvgIpc) is 3.15. The topological polar surface area (TPSA) is 66.7 Å². The Labute approximate surface area is 253 Å². The number of carbonyl (C=O) groups excluding carboxylic acids is 1. The number of fused-ring (bicyclic) bond motifs is 1. The number of hydrogen-bond acceptors (Lipinski definition) is 5. The summed E-state index contributed by atoms with van der Waals surface area (Å²) >= 11 is 0. The molecule has 0 aromatic heterocycles. The van der Waals surface area contributed by atoms with E-state index in [-0.39, 0.29) is 47.0 Å². The summed E-state index contributed by atoms with van der Waals surface area (Å²) in [4.78, 5) is 28.6. The van der Waals surface area contributed by atoms with Crippen LogP contribution in [-0.2, 0) is 26.1 Å². The van der Waals surface area contributed by atoms with E-state index in [1.54, 1.807) is 12.1 Å². The number of piperidine rings is 1. The van der Waals surface area contributed by atoms with Crippen LogP contribution in [0.2, 0.25) is 0 Å². The molecule has 41 heavy (non-hydrogen) atoms. The van der Waals surface area contributed by atoms with Crippen LogP contribution >= 0.6 is 24.8 Å². The smallest absolute Gasteiger partial charge is 0.269 e. The molecule has 220 valence electrons. The lowest BCUT2D eigenvalue weighted by atomic mass is 9.89. The summed E-state index contributed by atoms with van der Waals surface area (Å²) in [5, 5.41) is 11.0. The molecule has 0 unspecified atom stereocenters. The predicted molar refractivity (Wildman–Crippen MR) is 164 cm³/mol. The largest absolute Gasteiger partial charge is 0.299 e. The van der Waals surface area contributed by atoms with Crippen molar-refractivity contribution in [3.05, 3.63) is 110 Å². The summed E-state index contributed by atoms with van der Waals surface area (Å²) in [6.07, 6.45) is 5.64. The molecule has 1 fully saturated rings. The Hall–Kier alpha value is -2.84. The molecule has 0 saturated carbocycles. The molecule has 0 bridgehead atoms. The number of rotatable bonds is 9. The second-order valence-electron chi connectivity index (χ2n) is 11.0. The lowest BCUT2D eigenvalue weighted by Crippen LogP contribution is -2.33. The molecule has 2 heterocycles. The SMILES string of the molecule is Cl.Cl.O=C(CCC1CCN(Cc2cccc([N+](=O)[O-])c2)CC1)c1ccc2c(c1)CN(Cc1ccc(F)cc1)CCC2. The average molecular weight is 603 g/mol. The van der Waals surface area contributed by atoms with Gasteiger partial charge in [-0.05, 0) is 98.1 Å². The van der Waals surface area contributed by atoms with Crippen molar-refractivity contribution in [1.82, 2.24) is 9.80 Å². The number of likely N-dealkylation sites (tertiary alicyclic amines) is 1. The monoisotopic (exact) mass is 601 g/mol. The molecule has 6 nitrogen and oxygen atoms in total. The molecule has 0 spiro atoms. The van der Waals surface area contributed by atoms with Gasteiger partial charge in [-0.15, -0.1) is 24.8 Å². The van der Waals surface area contributed by atoms with Gasteiger partial charge in [-0.3, -0.25) is 24.7 Å². The number of aryl methyl sites for hydroxylation is 1. The van der Waals surface area contributed by atoms with E-state index in [2.05, 4.69) is 21.9 Å². The molecule has 0 N–H and O–H groups in total. The van der Waals surface area contributed by atoms with Crippen LogP contribution in [0.15, 0.2) is 66.7 Å². The zero-order valence-electron chi connectivity index (χ0n) is 23.2. The van der Waals surface area contributed by atoms with Crippen molar-refractivity contribution in [3.8, 4) is 0 Å². The van der Waals surface area contributed by atoms with E-state index in [0.29, 0.717) is 12.3 Å².